The van der Waals surface area contributed by atoms with Crippen molar-refractivity contribution in [3.05, 3.63) is 0 Å². The van der Waals surface area contributed by atoms with Gasteiger partial charge < -0.3 is 15.0 Å². The Bertz CT molecular complexity index is 217. The Morgan fingerprint density at radius 1 is 1.56 bits per heavy atom. The molecule has 1 fully saturated rings. The number of ether oxygens (including phenoxy) is 1. The molecule has 1 N–H and O–H groups in total. The number of nitrogens with zero attached hydrogens (tertiary/aromatic N) is 1. The number of likely N-dealkylation sites (N-methyl/N-ethyl adjacent to an activating group) is 1. The number of carbonyl (C=O) groups is 1. The molecule has 1 saturated carbocycles. The van der Waals surface area contributed by atoms with Gasteiger partial charge in [-0.15, -0.1) is 0 Å². The first-order valence-corrected chi connectivity index (χ1v) is 6.17. The van der Waals surface area contributed by atoms with Crippen molar-refractivity contribution < 1.29 is 9.53 Å². The summed E-state index contributed by atoms with van der Waals surface area (Å²) in [4.78, 5) is 13.8. The van der Waals surface area contributed by atoms with E-state index in [1.807, 2.05) is 0 Å². The third-order valence-corrected chi connectivity index (χ3v) is 2.89. The highest BCUT2D eigenvalue weighted by Gasteiger charge is 2.26. The summed E-state index contributed by atoms with van der Waals surface area (Å²) in [5.41, 5.74) is 0. The minimum absolute atomic E-state index is 0.156. The molecule has 0 bridgehead atoms. The predicted octanol–water partition coefficient (Wildman–Crippen LogP) is 0.869. The number of rotatable bonds is 8. The van der Waals surface area contributed by atoms with Crippen LogP contribution in [0.15, 0.2) is 0 Å². The van der Waals surface area contributed by atoms with E-state index in [-0.39, 0.29) is 12.0 Å². The fraction of sp³-hybridized carbons (Fsp3) is 0.917. The Morgan fingerprint density at radius 2 is 2.25 bits per heavy atom. The lowest BCUT2D eigenvalue weighted by atomic mass is 10.2. The highest BCUT2D eigenvalue weighted by Crippen LogP contribution is 2.29. The molecule has 0 aliphatic heterocycles. The Kier molecular flexibility index (Phi) is 5.77. The van der Waals surface area contributed by atoms with E-state index >= 15 is 0 Å². The van der Waals surface area contributed by atoms with Crippen molar-refractivity contribution in [1.82, 2.24) is 10.2 Å². The molecule has 1 aliphatic carbocycles. The van der Waals surface area contributed by atoms with Crippen LogP contribution in [0.3, 0.4) is 0 Å². The molecule has 4 heteroatoms. The maximum atomic E-state index is 11.5. The smallest absolute Gasteiger partial charge is 0.324 e. The summed E-state index contributed by atoms with van der Waals surface area (Å²) in [6.45, 7) is 4.79. The second kappa shape index (κ2) is 6.86. The van der Waals surface area contributed by atoms with E-state index in [9.17, 15) is 4.79 Å². The van der Waals surface area contributed by atoms with Gasteiger partial charge in [0.1, 0.15) is 6.04 Å². The van der Waals surface area contributed by atoms with Gasteiger partial charge in [0.15, 0.2) is 0 Å². The van der Waals surface area contributed by atoms with E-state index in [4.69, 9.17) is 4.74 Å². The largest absolute Gasteiger partial charge is 0.468 e. The lowest BCUT2D eigenvalue weighted by Gasteiger charge is -2.23. The fourth-order valence-electron chi connectivity index (χ4n) is 1.81. The van der Waals surface area contributed by atoms with Gasteiger partial charge in [0.05, 0.1) is 7.11 Å². The average Bonchev–Trinajstić information content (AvgIpc) is 3.06. The summed E-state index contributed by atoms with van der Waals surface area (Å²) >= 11 is 0. The summed E-state index contributed by atoms with van der Waals surface area (Å²) in [5.74, 6) is 0.700. The molecule has 4 nitrogen and oxygen atoms in total. The number of esters is 1. The number of methoxy groups -OCH3 is 1. The van der Waals surface area contributed by atoms with Crippen molar-refractivity contribution in [1.29, 1.82) is 0 Å². The van der Waals surface area contributed by atoms with E-state index in [0.29, 0.717) is 0 Å². The number of carbonyl (C=O) groups excluding carboxylic acids is 1. The van der Waals surface area contributed by atoms with E-state index < -0.39 is 0 Å². The normalized spacial score (nSPS) is 17.5. The number of hydrogen-bond donors (Lipinski definition) is 1. The first-order valence-electron chi connectivity index (χ1n) is 6.17. The molecule has 1 atom stereocenters. The van der Waals surface area contributed by atoms with E-state index in [1.165, 1.54) is 20.0 Å². The van der Waals surface area contributed by atoms with Crippen LogP contribution in [0.2, 0.25) is 0 Å². The maximum absolute atomic E-state index is 11.5. The van der Waals surface area contributed by atoms with E-state index in [2.05, 4.69) is 24.2 Å². The lowest BCUT2D eigenvalue weighted by Crippen LogP contribution is -2.46. The third kappa shape index (κ3) is 4.94. The van der Waals surface area contributed by atoms with Crippen molar-refractivity contribution in [2.24, 2.45) is 5.92 Å². The van der Waals surface area contributed by atoms with Gasteiger partial charge in [0.25, 0.3) is 0 Å². The molecular weight excluding hydrogens is 204 g/mol. The molecule has 1 unspecified atom stereocenters. The van der Waals surface area contributed by atoms with E-state index in [0.717, 1.165) is 32.0 Å². The van der Waals surface area contributed by atoms with Gasteiger partial charge in [0.2, 0.25) is 0 Å². The molecule has 0 aromatic carbocycles. The number of nitrogens with one attached hydrogen (secondary N) is 1. The molecule has 16 heavy (non-hydrogen) atoms. The first-order chi connectivity index (χ1) is 7.67. The molecule has 1 rings (SSSR count). The van der Waals surface area contributed by atoms with Crippen molar-refractivity contribution in [3.63, 3.8) is 0 Å². The molecule has 0 aromatic rings. The molecule has 0 amide bonds. The molecule has 0 spiro atoms. The SMILES string of the molecule is CCCNC(CN(C)CC1CC1)C(=O)OC. The molecule has 0 heterocycles. The van der Waals surface area contributed by atoms with Crippen LogP contribution in [0.5, 0.6) is 0 Å². The topological polar surface area (TPSA) is 41.6 Å². The monoisotopic (exact) mass is 228 g/mol. The minimum Gasteiger partial charge on any atom is -0.468 e. The van der Waals surface area contributed by atoms with Crippen LogP contribution < -0.4 is 5.32 Å². The Labute approximate surface area is 98.3 Å². The van der Waals surface area contributed by atoms with Gasteiger partial charge in [-0.25, -0.2) is 0 Å². The van der Waals surface area contributed by atoms with Crippen molar-refractivity contribution in [3.8, 4) is 0 Å². The van der Waals surface area contributed by atoms with Crippen LogP contribution in [0.1, 0.15) is 26.2 Å². The zero-order valence-electron chi connectivity index (χ0n) is 10.7. The van der Waals surface area contributed by atoms with Crippen molar-refractivity contribution in [2.45, 2.75) is 32.2 Å². The first kappa shape index (κ1) is 13.5. The Balaban J connectivity index is 2.31. The summed E-state index contributed by atoms with van der Waals surface area (Å²) in [5, 5.41) is 3.23. The fourth-order valence-corrected chi connectivity index (χ4v) is 1.81. The zero-order chi connectivity index (χ0) is 12.0. The van der Waals surface area contributed by atoms with Gasteiger partial charge in [-0.3, -0.25) is 4.79 Å². The van der Waals surface area contributed by atoms with Crippen molar-refractivity contribution >= 4 is 5.97 Å². The second-order valence-electron chi connectivity index (χ2n) is 4.69. The van der Waals surface area contributed by atoms with Crippen LogP contribution in [0.25, 0.3) is 0 Å². The zero-order valence-corrected chi connectivity index (χ0v) is 10.7. The molecule has 0 saturated heterocycles. The standard InChI is InChI=1S/C12H24N2O2/c1-4-7-13-11(12(15)16-3)9-14(2)8-10-5-6-10/h10-11,13H,4-9H2,1-3H3. The molecule has 1 aliphatic rings. The summed E-state index contributed by atoms with van der Waals surface area (Å²) < 4.78 is 4.80. The summed E-state index contributed by atoms with van der Waals surface area (Å²) in [7, 11) is 3.52. The summed E-state index contributed by atoms with van der Waals surface area (Å²) in [6.07, 6.45) is 3.71. The second-order valence-corrected chi connectivity index (χ2v) is 4.69. The quantitative estimate of drug-likeness (QED) is 0.626. The maximum Gasteiger partial charge on any atom is 0.324 e. The van der Waals surface area contributed by atoms with Crippen LogP contribution in [0, 0.1) is 5.92 Å². The molecule has 94 valence electrons. The van der Waals surface area contributed by atoms with Gasteiger partial charge in [-0.05, 0) is 38.8 Å². The highest BCUT2D eigenvalue weighted by atomic mass is 16.5. The van der Waals surface area contributed by atoms with Crippen LogP contribution in [0.4, 0.5) is 0 Å². The van der Waals surface area contributed by atoms with Crippen LogP contribution in [-0.4, -0.2) is 50.7 Å². The molecular formula is C12H24N2O2. The Hall–Kier alpha value is -0.610. The predicted molar refractivity (Wildman–Crippen MR) is 64.3 cm³/mol. The number of hydrogen-bond acceptors (Lipinski definition) is 4. The molecule has 0 aromatic heterocycles. The highest BCUT2D eigenvalue weighted by molar-refractivity contribution is 5.75. The lowest BCUT2D eigenvalue weighted by molar-refractivity contribution is -0.143. The minimum atomic E-state index is -0.186. The van der Waals surface area contributed by atoms with Gasteiger partial charge in [0, 0.05) is 13.1 Å². The van der Waals surface area contributed by atoms with Crippen LogP contribution in [-0.2, 0) is 9.53 Å². The van der Waals surface area contributed by atoms with E-state index in [1.54, 1.807) is 0 Å². The van der Waals surface area contributed by atoms with Crippen molar-refractivity contribution in [2.75, 3.05) is 33.8 Å². The van der Waals surface area contributed by atoms with Gasteiger partial charge in [-0.2, -0.15) is 0 Å². The Morgan fingerprint density at radius 3 is 2.75 bits per heavy atom. The van der Waals surface area contributed by atoms with Gasteiger partial charge in [-0.1, -0.05) is 6.92 Å². The molecule has 0 radical (unpaired) electrons. The average molecular weight is 228 g/mol. The summed E-state index contributed by atoms with van der Waals surface area (Å²) in [6, 6.07) is -0.186. The van der Waals surface area contributed by atoms with Crippen LogP contribution >= 0.6 is 0 Å². The van der Waals surface area contributed by atoms with Gasteiger partial charge >= 0.3 is 5.97 Å². The third-order valence-electron chi connectivity index (χ3n) is 2.89.